The van der Waals surface area contributed by atoms with Gasteiger partial charge >= 0.3 is 5.97 Å². The Labute approximate surface area is 113 Å². The van der Waals surface area contributed by atoms with E-state index in [0.717, 1.165) is 37.3 Å². The van der Waals surface area contributed by atoms with Crippen LogP contribution in [0, 0.1) is 6.92 Å². The lowest BCUT2D eigenvalue weighted by atomic mass is 9.85. The van der Waals surface area contributed by atoms with Crippen molar-refractivity contribution in [2.75, 3.05) is 6.61 Å². The summed E-state index contributed by atoms with van der Waals surface area (Å²) in [4.78, 5) is 12.5. The minimum absolute atomic E-state index is 0.109. The van der Waals surface area contributed by atoms with Gasteiger partial charge in [-0.25, -0.2) is 0 Å². The average molecular weight is 263 g/mol. The van der Waals surface area contributed by atoms with Crippen molar-refractivity contribution in [1.29, 1.82) is 0 Å². The summed E-state index contributed by atoms with van der Waals surface area (Å²) < 4.78 is 7.51. The minimum atomic E-state index is -0.542. The van der Waals surface area contributed by atoms with E-state index in [4.69, 9.17) is 4.74 Å². The molecule has 0 spiro atoms. The van der Waals surface area contributed by atoms with E-state index in [9.17, 15) is 4.79 Å². The van der Waals surface area contributed by atoms with Crippen molar-refractivity contribution >= 4 is 5.97 Å². The van der Waals surface area contributed by atoms with Gasteiger partial charge in [0.15, 0.2) is 5.82 Å². The Balaban J connectivity index is 2.03. The van der Waals surface area contributed by atoms with Gasteiger partial charge in [-0.05, 0) is 39.5 Å². The number of carbonyl (C=O) groups is 1. The third kappa shape index (κ3) is 1.95. The highest BCUT2D eigenvalue weighted by Crippen LogP contribution is 2.45. The Kier molecular flexibility index (Phi) is 3.07. The van der Waals surface area contributed by atoms with Crippen molar-refractivity contribution in [2.45, 2.75) is 63.8 Å². The zero-order valence-electron chi connectivity index (χ0n) is 11.7. The Hall–Kier alpha value is -1.39. The minimum Gasteiger partial charge on any atom is -0.465 e. The van der Waals surface area contributed by atoms with E-state index in [1.807, 2.05) is 13.8 Å². The summed E-state index contributed by atoms with van der Waals surface area (Å²) in [5.41, 5.74) is -0.542. The molecule has 0 amide bonds. The first-order chi connectivity index (χ1) is 9.19. The van der Waals surface area contributed by atoms with Crippen molar-refractivity contribution in [3.8, 4) is 0 Å². The van der Waals surface area contributed by atoms with E-state index in [2.05, 4.69) is 14.8 Å². The Morgan fingerprint density at radius 3 is 2.63 bits per heavy atom. The fourth-order valence-corrected chi connectivity index (χ4v) is 3.23. The maximum Gasteiger partial charge on any atom is 0.319 e. The maximum absolute atomic E-state index is 12.5. The summed E-state index contributed by atoms with van der Waals surface area (Å²) in [6.07, 6.45) is 6.16. The van der Waals surface area contributed by atoms with Gasteiger partial charge in [0.05, 0.1) is 6.61 Å². The zero-order valence-corrected chi connectivity index (χ0v) is 11.7. The molecule has 2 aliphatic carbocycles. The number of hydrogen-bond acceptors (Lipinski definition) is 4. The highest BCUT2D eigenvalue weighted by Gasteiger charge is 2.49. The fourth-order valence-electron chi connectivity index (χ4n) is 3.23. The van der Waals surface area contributed by atoms with Gasteiger partial charge < -0.3 is 9.30 Å². The van der Waals surface area contributed by atoms with E-state index in [1.165, 1.54) is 12.8 Å². The Bertz CT molecular complexity index is 485. The standard InChI is InChI=1S/C14H21N3O2/c1-3-19-13(18)14(8-4-5-9-14)12-16-15-10(2)17(12)11-6-7-11/h11H,3-9H2,1-2H3. The quantitative estimate of drug-likeness (QED) is 0.782. The molecule has 0 radical (unpaired) electrons. The van der Waals surface area contributed by atoms with Crippen LogP contribution in [0.15, 0.2) is 0 Å². The molecule has 2 fully saturated rings. The van der Waals surface area contributed by atoms with Crippen LogP contribution in [0.25, 0.3) is 0 Å². The molecule has 5 nitrogen and oxygen atoms in total. The predicted molar refractivity (Wildman–Crippen MR) is 69.8 cm³/mol. The SMILES string of the molecule is CCOC(=O)C1(c2nnc(C)n2C2CC2)CCCC1. The van der Waals surface area contributed by atoms with Crippen LogP contribution >= 0.6 is 0 Å². The second-order valence-electron chi connectivity index (χ2n) is 5.68. The Morgan fingerprint density at radius 1 is 1.37 bits per heavy atom. The fraction of sp³-hybridized carbons (Fsp3) is 0.786. The monoisotopic (exact) mass is 263 g/mol. The van der Waals surface area contributed by atoms with E-state index in [0.29, 0.717) is 12.6 Å². The van der Waals surface area contributed by atoms with E-state index < -0.39 is 5.41 Å². The lowest BCUT2D eigenvalue weighted by Crippen LogP contribution is -2.37. The predicted octanol–water partition coefficient (Wildman–Crippen LogP) is 2.30. The van der Waals surface area contributed by atoms with E-state index in [1.54, 1.807) is 0 Å². The second-order valence-corrected chi connectivity index (χ2v) is 5.68. The first-order valence-electron chi connectivity index (χ1n) is 7.28. The molecule has 0 saturated heterocycles. The molecule has 0 bridgehead atoms. The van der Waals surface area contributed by atoms with Gasteiger partial charge in [-0.3, -0.25) is 4.79 Å². The van der Waals surface area contributed by atoms with Gasteiger partial charge in [0.1, 0.15) is 11.2 Å². The molecule has 0 aliphatic heterocycles. The first-order valence-corrected chi connectivity index (χ1v) is 7.28. The van der Waals surface area contributed by atoms with Gasteiger partial charge in [-0.15, -0.1) is 10.2 Å². The highest BCUT2D eigenvalue weighted by atomic mass is 16.5. The van der Waals surface area contributed by atoms with Crippen LogP contribution in [0.5, 0.6) is 0 Å². The van der Waals surface area contributed by atoms with Crippen LogP contribution in [0.2, 0.25) is 0 Å². The largest absolute Gasteiger partial charge is 0.465 e. The summed E-state index contributed by atoms with van der Waals surface area (Å²) in [5, 5.41) is 8.56. The van der Waals surface area contributed by atoms with Gasteiger partial charge in [0, 0.05) is 6.04 Å². The van der Waals surface area contributed by atoms with Crippen LogP contribution in [-0.4, -0.2) is 27.3 Å². The number of ether oxygens (including phenoxy) is 1. The zero-order chi connectivity index (χ0) is 13.5. The number of hydrogen-bond donors (Lipinski definition) is 0. The van der Waals surface area contributed by atoms with Crippen LogP contribution in [0.1, 0.15) is 63.1 Å². The third-order valence-corrected chi connectivity index (χ3v) is 4.33. The third-order valence-electron chi connectivity index (χ3n) is 4.33. The van der Waals surface area contributed by atoms with E-state index in [-0.39, 0.29) is 5.97 Å². The number of aryl methyl sites for hydroxylation is 1. The van der Waals surface area contributed by atoms with Crippen molar-refractivity contribution < 1.29 is 9.53 Å². The second kappa shape index (κ2) is 4.62. The molecule has 0 atom stereocenters. The lowest BCUT2D eigenvalue weighted by Gasteiger charge is -2.26. The lowest BCUT2D eigenvalue weighted by molar-refractivity contribution is -0.150. The van der Waals surface area contributed by atoms with Crippen molar-refractivity contribution in [3.63, 3.8) is 0 Å². The molecule has 5 heteroatoms. The van der Waals surface area contributed by atoms with Gasteiger partial charge in [0.25, 0.3) is 0 Å². The van der Waals surface area contributed by atoms with Crippen LogP contribution < -0.4 is 0 Å². The smallest absolute Gasteiger partial charge is 0.319 e. The topological polar surface area (TPSA) is 57.0 Å². The van der Waals surface area contributed by atoms with Crippen LogP contribution in [0.4, 0.5) is 0 Å². The van der Waals surface area contributed by atoms with Crippen LogP contribution in [0.3, 0.4) is 0 Å². The Morgan fingerprint density at radius 2 is 2.05 bits per heavy atom. The molecular formula is C14H21N3O2. The number of carbonyl (C=O) groups excluding carboxylic acids is 1. The molecule has 0 unspecified atom stereocenters. The number of rotatable bonds is 4. The summed E-state index contributed by atoms with van der Waals surface area (Å²) in [7, 11) is 0. The molecule has 1 heterocycles. The van der Waals surface area contributed by atoms with Crippen molar-refractivity contribution in [3.05, 3.63) is 11.6 Å². The van der Waals surface area contributed by atoms with Gasteiger partial charge in [0.2, 0.25) is 0 Å². The normalized spacial score (nSPS) is 21.6. The molecule has 104 valence electrons. The van der Waals surface area contributed by atoms with Crippen molar-refractivity contribution in [1.82, 2.24) is 14.8 Å². The number of esters is 1. The summed E-state index contributed by atoms with van der Waals surface area (Å²) in [5.74, 6) is 1.67. The van der Waals surface area contributed by atoms with E-state index >= 15 is 0 Å². The molecule has 19 heavy (non-hydrogen) atoms. The molecule has 1 aromatic heterocycles. The maximum atomic E-state index is 12.5. The first kappa shape index (κ1) is 12.6. The highest BCUT2D eigenvalue weighted by molar-refractivity contribution is 5.82. The molecule has 2 aliphatic rings. The number of nitrogens with zero attached hydrogens (tertiary/aromatic N) is 3. The average Bonchev–Trinajstić information content (AvgIpc) is 2.97. The number of aromatic nitrogens is 3. The molecule has 1 aromatic rings. The summed E-state index contributed by atoms with van der Waals surface area (Å²) >= 11 is 0. The van der Waals surface area contributed by atoms with Crippen molar-refractivity contribution in [2.24, 2.45) is 0 Å². The molecule has 0 N–H and O–H groups in total. The van der Waals surface area contributed by atoms with Gasteiger partial charge in [-0.1, -0.05) is 12.8 Å². The molecule has 2 saturated carbocycles. The molecular weight excluding hydrogens is 242 g/mol. The van der Waals surface area contributed by atoms with Gasteiger partial charge in [-0.2, -0.15) is 0 Å². The summed E-state index contributed by atoms with van der Waals surface area (Å²) in [6, 6.07) is 0.497. The van der Waals surface area contributed by atoms with Crippen LogP contribution in [-0.2, 0) is 14.9 Å². The summed E-state index contributed by atoms with van der Waals surface area (Å²) in [6.45, 7) is 4.26. The molecule has 3 rings (SSSR count). The molecule has 0 aromatic carbocycles.